The van der Waals surface area contributed by atoms with E-state index in [-0.39, 0.29) is 17.3 Å². The van der Waals surface area contributed by atoms with Crippen LogP contribution < -0.4 is 21.9 Å². The highest BCUT2D eigenvalue weighted by atomic mass is 16.2. The first-order valence-corrected chi connectivity index (χ1v) is 8.47. The van der Waals surface area contributed by atoms with Crippen LogP contribution in [0.3, 0.4) is 0 Å². The molecular formula is C17H28N6O2. The minimum Gasteiger partial charge on any atom is -0.338 e. The molecule has 0 amide bonds. The highest BCUT2D eigenvalue weighted by Crippen LogP contribution is 2.21. The Hall–Kier alpha value is -2.35. The Morgan fingerprint density at radius 1 is 1.24 bits per heavy atom. The molecule has 0 unspecified atom stereocenters. The van der Waals surface area contributed by atoms with Crippen LogP contribution in [0.2, 0.25) is 0 Å². The van der Waals surface area contributed by atoms with Crippen LogP contribution in [-0.2, 0) is 20.6 Å². The summed E-state index contributed by atoms with van der Waals surface area (Å²) in [6, 6.07) is 0.159. The van der Waals surface area contributed by atoms with Gasteiger partial charge in [0.15, 0.2) is 11.2 Å². The lowest BCUT2D eigenvalue weighted by atomic mass is 10.3. The van der Waals surface area contributed by atoms with E-state index in [9.17, 15) is 9.59 Å². The summed E-state index contributed by atoms with van der Waals surface area (Å²) >= 11 is 0. The van der Waals surface area contributed by atoms with E-state index >= 15 is 0 Å². The minimum absolute atomic E-state index is 0.159. The van der Waals surface area contributed by atoms with Gasteiger partial charge < -0.3 is 15.2 Å². The topological polar surface area (TPSA) is 91.1 Å². The van der Waals surface area contributed by atoms with Crippen molar-refractivity contribution >= 4 is 17.1 Å². The monoisotopic (exact) mass is 348 g/mol. The van der Waals surface area contributed by atoms with E-state index in [0.717, 1.165) is 10.1 Å². The lowest BCUT2D eigenvalue weighted by Crippen LogP contribution is -2.38. The van der Waals surface area contributed by atoms with Crippen LogP contribution in [-0.4, -0.2) is 37.8 Å². The van der Waals surface area contributed by atoms with E-state index in [0.29, 0.717) is 36.7 Å². The number of fused-ring (bicyclic) bond motifs is 1. The predicted molar refractivity (Wildman–Crippen MR) is 101 cm³/mol. The SMILES string of the molecule is CC(C)=CCn1c(N(CCN)C(C)C)nc2c1c(=O)n(C)c(=O)n2C. The maximum absolute atomic E-state index is 12.8. The summed E-state index contributed by atoms with van der Waals surface area (Å²) in [5.74, 6) is 0.659. The van der Waals surface area contributed by atoms with Crippen molar-refractivity contribution in [1.82, 2.24) is 18.7 Å². The predicted octanol–water partition coefficient (Wildman–Crippen LogP) is 0.573. The molecule has 2 N–H and O–H groups in total. The molecule has 138 valence electrons. The van der Waals surface area contributed by atoms with Crippen molar-refractivity contribution in [1.29, 1.82) is 0 Å². The minimum atomic E-state index is -0.383. The first kappa shape index (κ1) is 19.0. The number of rotatable bonds is 6. The number of nitrogens with zero attached hydrogens (tertiary/aromatic N) is 5. The van der Waals surface area contributed by atoms with Crippen LogP contribution in [0.15, 0.2) is 21.2 Å². The second-order valence-corrected chi connectivity index (χ2v) is 6.76. The molecule has 0 fully saturated rings. The number of hydrogen-bond donors (Lipinski definition) is 1. The molecule has 0 spiro atoms. The molecule has 2 aromatic rings. The van der Waals surface area contributed by atoms with Crippen LogP contribution in [0.1, 0.15) is 27.7 Å². The molecule has 8 heteroatoms. The number of anilines is 1. The molecule has 0 aromatic carbocycles. The quantitative estimate of drug-likeness (QED) is 0.771. The molecular weight excluding hydrogens is 320 g/mol. The Morgan fingerprint density at radius 3 is 2.40 bits per heavy atom. The van der Waals surface area contributed by atoms with E-state index in [4.69, 9.17) is 5.73 Å². The third-order valence-corrected chi connectivity index (χ3v) is 4.26. The van der Waals surface area contributed by atoms with Crippen LogP contribution in [0, 0.1) is 0 Å². The lowest BCUT2D eigenvalue weighted by Gasteiger charge is -2.27. The number of aryl methyl sites for hydroxylation is 1. The molecule has 0 aliphatic carbocycles. The number of aromatic nitrogens is 4. The summed E-state index contributed by atoms with van der Waals surface area (Å²) in [5.41, 5.74) is 7.02. The zero-order valence-corrected chi connectivity index (χ0v) is 15.9. The van der Waals surface area contributed by atoms with Gasteiger partial charge in [-0.25, -0.2) is 4.79 Å². The third-order valence-electron chi connectivity index (χ3n) is 4.26. The van der Waals surface area contributed by atoms with Gasteiger partial charge in [-0.15, -0.1) is 0 Å². The van der Waals surface area contributed by atoms with Gasteiger partial charge in [-0.05, 0) is 27.7 Å². The fourth-order valence-corrected chi connectivity index (χ4v) is 2.83. The van der Waals surface area contributed by atoms with Gasteiger partial charge in [0.1, 0.15) is 0 Å². The standard InChI is InChI=1S/C17H28N6O2/c1-11(2)7-9-23-13-14(20(5)17(25)21(6)15(13)24)19-16(23)22(10-8-18)12(3)4/h7,12H,8-10,18H2,1-6H3. The highest BCUT2D eigenvalue weighted by Gasteiger charge is 2.23. The van der Waals surface area contributed by atoms with Crippen molar-refractivity contribution in [3.05, 3.63) is 32.5 Å². The molecule has 0 radical (unpaired) electrons. The average molecular weight is 348 g/mol. The van der Waals surface area contributed by atoms with Crippen molar-refractivity contribution in [2.24, 2.45) is 19.8 Å². The summed E-state index contributed by atoms with van der Waals surface area (Å²) < 4.78 is 4.41. The normalized spacial score (nSPS) is 11.4. The number of imidazole rings is 1. The van der Waals surface area contributed by atoms with Crippen molar-refractivity contribution in [2.45, 2.75) is 40.3 Å². The highest BCUT2D eigenvalue weighted by molar-refractivity contribution is 5.74. The zero-order chi connectivity index (χ0) is 18.9. The smallest absolute Gasteiger partial charge is 0.332 e. The first-order chi connectivity index (χ1) is 11.7. The summed E-state index contributed by atoms with van der Waals surface area (Å²) in [5, 5.41) is 0. The van der Waals surface area contributed by atoms with Crippen molar-refractivity contribution < 1.29 is 0 Å². The maximum Gasteiger partial charge on any atom is 0.332 e. The Kier molecular flexibility index (Phi) is 5.52. The molecule has 2 aromatic heterocycles. The van der Waals surface area contributed by atoms with Crippen LogP contribution in [0.5, 0.6) is 0 Å². The van der Waals surface area contributed by atoms with Gasteiger partial charge in [0.05, 0.1) is 0 Å². The summed E-state index contributed by atoms with van der Waals surface area (Å²) in [6.45, 7) is 9.72. The Balaban J connectivity index is 2.89. The molecule has 2 heterocycles. The Labute approximate surface area is 147 Å². The van der Waals surface area contributed by atoms with E-state index in [2.05, 4.69) is 23.7 Å². The molecule has 0 atom stereocenters. The fraction of sp³-hybridized carbons (Fsp3) is 0.588. The van der Waals surface area contributed by atoms with Crippen LogP contribution in [0.4, 0.5) is 5.95 Å². The maximum atomic E-state index is 12.8. The molecule has 8 nitrogen and oxygen atoms in total. The van der Waals surface area contributed by atoms with E-state index in [1.807, 2.05) is 24.5 Å². The summed E-state index contributed by atoms with van der Waals surface area (Å²) in [4.78, 5) is 31.7. The summed E-state index contributed by atoms with van der Waals surface area (Å²) in [7, 11) is 3.12. The van der Waals surface area contributed by atoms with Gasteiger partial charge in [-0.3, -0.25) is 13.9 Å². The fourth-order valence-electron chi connectivity index (χ4n) is 2.83. The number of allylic oxidation sites excluding steroid dienone is 2. The van der Waals surface area contributed by atoms with E-state index in [1.54, 1.807) is 7.05 Å². The van der Waals surface area contributed by atoms with Crippen LogP contribution >= 0.6 is 0 Å². The average Bonchev–Trinajstić information content (AvgIpc) is 2.92. The van der Waals surface area contributed by atoms with Gasteiger partial charge in [-0.1, -0.05) is 11.6 Å². The molecule has 25 heavy (non-hydrogen) atoms. The zero-order valence-electron chi connectivity index (χ0n) is 15.9. The molecule has 0 saturated heterocycles. The second kappa shape index (κ2) is 7.26. The number of hydrogen-bond acceptors (Lipinski definition) is 5. The van der Waals surface area contributed by atoms with Gasteiger partial charge in [0.25, 0.3) is 5.56 Å². The largest absolute Gasteiger partial charge is 0.338 e. The van der Waals surface area contributed by atoms with Crippen LogP contribution in [0.25, 0.3) is 11.2 Å². The van der Waals surface area contributed by atoms with Crippen molar-refractivity contribution in [3.63, 3.8) is 0 Å². The third kappa shape index (κ3) is 3.39. The van der Waals surface area contributed by atoms with Gasteiger partial charge >= 0.3 is 5.69 Å². The molecule has 0 aliphatic heterocycles. The summed E-state index contributed by atoms with van der Waals surface area (Å²) in [6.07, 6.45) is 2.04. The molecule has 0 saturated carbocycles. The second-order valence-electron chi connectivity index (χ2n) is 6.76. The van der Waals surface area contributed by atoms with E-state index < -0.39 is 0 Å². The Bertz CT molecular complexity index is 912. The van der Waals surface area contributed by atoms with Crippen molar-refractivity contribution in [2.75, 3.05) is 18.0 Å². The van der Waals surface area contributed by atoms with Gasteiger partial charge in [0.2, 0.25) is 5.95 Å². The van der Waals surface area contributed by atoms with Crippen molar-refractivity contribution in [3.8, 4) is 0 Å². The molecule has 2 rings (SSSR count). The van der Waals surface area contributed by atoms with Gasteiger partial charge in [0, 0.05) is 39.8 Å². The Morgan fingerprint density at radius 2 is 1.88 bits per heavy atom. The molecule has 0 bridgehead atoms. The van der Waals surface area contributed by atoms with Gasteiger partial charge in [-0.2, -0.15) is 4.98 Å². The number of nitrogens with two attached hydrogens (primary N) is 1. The first-order valence-electron chi connectivity index (χ1n) is 8.47. The van der Waals surface area contributed by atoms with E-state index in [1.165, 1.54) is 11.6 Å². The lowest BCUT2D eigenvalue weighted by molar-refractivity contribution is 0.642. The molecule has 0 aliphatic rings.